The number of nitrogens with one attached hydrogen (secondary N) is 2. The van der Waals surface area contributed by atoms with Crippen molar-refractivity contribution in [3.8, 4) is 0 Å². The van der Waals surface area contributed by atoms with Crippen LogP contribution in [0.1, 0.15) is 28.2 Å². The molecule has 0 spiro atoms. The van der Waals surface area contributed by atoms with Gasteiger partial charge in [0, 0.05) is 31.7 Å². The highest BCUT2D eigenvalue weighted by Crippen LogP contribution is 2.20. The minimum Gasteiger partial charge on any atom is -0.347 e. The van der Waals surface area contributed by atoms with Gasteiger partial charge in [0.1, 0.15) is 5.82 Å². The zero-order chi connectivity index (χ0) is 23.4. The SMILES string of the molecule is C=CCCN1C[C@H](C(=O)NO)[C@H](NC(=O)c2ccc(Cn3c(C)nc4ccccc43)cc2)C1. The molecule has 1 aliphatic heterocycles. The Bertz CT molecular complexity index is 1150. The van der Waals surface area contributed by atoms with Crippen LogP contribution in [0.4, 0.5) is 0 Å². The van der Waals surface area contributed by atoms with E-state index in [1.165, 1.54) is 0 Å². The number of rotatable bonds is 8. The lowest BCUT2D eigenvalue weighted by Gasteiger charge is -2.18. The Hall–Kier alpha value is -3.49. The number of carbonyl (C=O) groups excluding carboxylic acids is 2. The summed E-state index contributed by atoms with van der Waals surface area (Å²) < 4.78 is 2.15. The normalized spacial score (nSPS) is 18.4. The van der Waals surface area contributed by atoms with Crippen LogP contribution in [0.5, 0.6) is 0 Å². The van der Waals surface area contributed by atoms with Gasteiger partial charge in [-0.05, 0) is 43.2 Å². The molecule has 0 bridgehead atoms. The minimum atomic E-state index is -0.513. The van der Waals surface area contributed by atoms with E-state index in [2.05, 4.69) is 32.4 Å². The fourth-order valence-electron chi connectivity index (χ4n) is 4.43. The van der Waals surface area contributed by atoms with Gasteiger partial charge in [-0.15, -0.1) is 6.58 Å². The summed E-state index contributed by atoms with van der Waals surface area (Å²) in [7, 11) is 0. The summed E-state index contributed by atoms with van der Waals surface area (Å²) in [5.41, 5.74) is 5.36. The van der Waals surface area contributed by atoms with E-state index in [-0.39, 0.29) is 11.9 Å². The molecular weight excluding hydrogens is 418 g/mol. The van der Waals surface area contributed by atoms with E-state index in [0.717, 1.165) is 35.4 Å². The van der Waals surface area contributed by atoms with Crippen LogP contribution in [-0.2, 0) is 11.3 Å². The van der Waals surface area contributed by atoms with E-state index in [1.807, 2.05) is 43.3 Å². The predicted molar refractivity (Wildman–Crippen MR) is 126 cm³/mol. The fraction of sp³-hybridized carbons (Fsp3) is 0.320. The number of para-hydroxylation sites is 2. The van der Waals surface area contributed by atoms with Crippen molar-refractivity contribution in [3.63, 3.8) is 0 Å². The molecule has 33 heavy (non-hydrogen) atoms. The number of benzene rings is 2. The second kappa shape index (κ2) is 9.97. The summed E-state index contributed by atoms with van der Waals surface area (Å²) in [6.07, 6.45) is 2.62. The zero-order valence-electron chi connectivity index (χ0n) is 18.7. The van der Waals surface area contributed by atoms with E-state index in [4.69, 9.17) is 5.21 Å². The molecule has 2 amide bonds. The summed E-state index contributed by atoms with van der Waals surface area (Å²) in [4.78, 5) is 31.7. The summed E-state index contributed by atoms with van der Waals surface area (Å²) in [6.45, 7) is 8.15. The number of fused-ring (bicyclic) bond motifs is 1. The molecule has 1 saturated heterocycles. The van der Waals surface area contributed by atoms with Crippen LogP contribution < -0.4 is 10.8 Å². The maximum Gasteiger partial charge on any atom is 0.251 e. The number of carbonyl (C=O) groups is 2. The molecule has 0 aliphatic carbocycles. The van der Waals surface area contributed by atoms with E-state index < -0.39 is 11.8 Å². The van der Waals surface area contributed by atoms with E-state index >= 15 is 0 Å². The molecule has 3 N–H and O–H groups in total. The van der Waals surface area contributed by atoms with Crippen LogP contribution in [0.25, 0.3) is 11.0 Å². The molecule has 2 atom stereocenters. The van der Waals surface area contributed by atoms with Gasteiger partial charge in [-0.25, -0.2) is 10.5 Å². The Labute approximate surface area is 192 Å². The average molecular weight is 448 g/mol. The third-order valence-electron chi connectivity index (χ3n) is 6.21. The van der Waals surface area contributed by atoms with Crippen molar-refractivity contribution in [3.05, 3.63) is 78.1 Å². The Morgan fingerprint density at radius 2 is 1.94 bits per heavy atom. The first-order chi connectivity index (χ1) is 16.0. The number of hydroxylamine groups is 1. The van der Waals surface area contributed by atoms with Crippen LogP contribution in [0.2, 0.25) is 0 Å². The quantitative estimate of drug-likeness (QED) is 0.280. The first kappa shape index (κ1) is 22.7. The van der Waals surface area contributed by atoms with Gasteiger partial charge in [0.15, 0.2) is 0 Å². The average Bonchev–Trinajstić information content (AvgIpc) is 3.37. The summed E-state index contributed by atoms with van der Waals surface area (Å²) in [6, 6.07) is 15.1. The highest BCUT2D eigenvalue weighted by atomic mass is 16.5. The fourth-order valence-corrected chi connectivity index (χ4v) is 4.43. The van der Waals surface area contributed by atoms with Crippen molar-refractivity contribution < 1.29 is 14.8 Å². The van der Waals surface area contributed by atoms with Gasteiger partial charge in [-0.1, -0.05) is 30.3 Å². The lowest BCUT2D eigenvalue weighted by atomic mass is 10.0. The molecule has 4 rings (SSSR count). The number of aryl methyl sites for hydroxylation is 1. The standard InChI is InChI=1S/C25H29N5O3/c1-3-4-13-29-15-20(25(32)28-33)22(16-29)27-24(31)19-11-9-18(10-12-19)14-30-17(2)26-21-7-5-6-8-23(21)30/h3,5-12,20,22,33H,1,4,13-16H2,2H3,(H,27,31)(H,28,32)/t20-,22+/m0/s1. The Morgan fingerprint density at radius 3 is 2.67 bits per heavy atom. The minimum absolute atomic E-state index is 0.239. The van der Waals surface area contributed by atoms with Gasteiger partial charge in [-0.3, -0.25) is 14.8 Å². The summed E-state index contributed by atoms with van der Waals surface area (Å²) in [5, 5.41) is 12.1. The van der Waals surface area contributed by atoms with Crippen molar-refractivity contribution in [2.45, 2.75) is 25.9 Å². The molecule has 0 saturated carbocycles. The first-order valence-corrected chi connectivity index (χ1v) is 11.1. The van der Waals surface area contributed by atoms with Crippen molar-refractivity contribution in [2.75, 3.05) is 19.6 Å². The molecule has 1 aliphatic rings. The van der Waals surface area contributed by atoms with Gasteiger partial charge >= 0.3 is 0 Å². The maximum atomic E-state index is 12.9. The van der Waals surface area contributed by atoms with Crippen LogP contribution in [0.3, 0.4) is 0 Å². The van der Waals surface area contributed by atoms with Crippen molar-refractivity contribution >= 4 is 22.8 Å². The van der Waals surface area contributed by atoms with E-state index in [9.17, 15) is 9.59 Å². The molecule has 0 unspecified atom stereocenters. The van der Waals surface area contributed by atoms with Crippen LogP contribution in [0, 0.1) is 12.8 Å². The highest BCUT2D eigenvalue weighted by molar-refractivity contribution is 5.95. The van der Waals surface area contributed by atoms with E-state index in [1.54, 1.807) is 17.6 Å². The van der Waals surface area contributed by atoms with Gasteiger partial charge in [-0.2, -0.15) is 0 Å². The van der Waals surface area contributed by atoms with Crippen LogP contribution in [0.15, 0.2) is 61.2 Å². The van der Waals surface area contributed by atoms with Crippen molar-refractivity contribution in [2.24, 2.45) is 5.92 Å². The highest BCUT2D eigenvalue weighted by Gasteiger charge is 2.38. The number of imidazole rings is 1. The molecular formula is C25H29N5O3. The molecule has 2 aromatic carbocycles. The summed E-state index contributed by atoms with van der Waals surface area (Å²) >= 11 is 0. The second-order valence-corrected chi connectivity index (χ2v) is 8.43. The van der Waals surface area contributed by atoms with Crippen LogP contribution >= 0.6 is 0 Å². The topological polar surface area (TPSA) is 99.5 Å². The number of aromatic nitrogens is 2. The third-order valence-corrected chi connectivity index (χ3v) is 6.21. The molecule has 1 aromatic heterocycles. The monoisotopic (exact) mass is 447 g/mol. The lowest BCUT2D eigenvalue weighted by molar-refractivity contribution is -0.133. The lowest BCUT2D eigenvalue weighted by Crippen LogP contribution is -2.45. The number of hydrogen-bond acceptors (Lipinski definition) is 5. The molecule has 8 heteroatoms. The Balaban J connectivity index is 1.44. The van der Waals surface area contributed by atoms with Gasteiger partial charge in [0.25, 0.3) is 5.91 Å². The smallest absolute Gasteiger partial charge is 0.251 e. The first-order valence-electron chi connectivity index (χ1n) is 11.1. The number of amides is 2. The number of nitrogens with zero attached hydrogens (tertiary/aromatic N) is 3. The molecule has 8 nitrogen and oxygen atoms in total. The van der Waals surface area contributed by atoms with Gasteiger partial charge in [0.2, 0.25) is 5.91 Å². The summed E-state index contributed by atoms with van der Waals surface area (Å²) in [5.74, 6) is -0.300. The van der Waals surface area contributed by atoms with Gasteiger partial charge < -0.3 is 14.8 Å². The van der Waals surface area contributed by atoms with Crippen LogP contribution in [-0.4, -0.2) is 57.1 Å². The third kappa shape index (κ3) is 4.97. The molecule has 2 heterocycles. The number of hydrogen-bond donors (Lipinski definition) is 3. The maximum absolute atomic E-state index is 12.9. The Morgan fingerprint density at radius 1 is 1.18 bits per heavy atom. The van der Waals surface area contributed by atoms with Crippen molar-refractivity contribution in [1.29, 1.82) is 0 Å². The Kier molecular flexibility index (Phi) is 6.86. The predicted octanol–water partition coefficient (Wildman–Crippen LogP) is 2.50. The molecule has 1 fully saturated rings. The van der Waals surface area contributed by atoms with Crippen molar-refractivity contribution in [1.82, 2.24) is 25.2 Å². The molecule has 0 radical (unpaired) electrons. The zero-order valence-corrected chi connectivity index (χ0v) is 18.7. The number of likely N-dealkylation sites (tertiary alicyclic amines) is 1. The van der Waals surface area contributed by atoms with E-state index in [0.29, 0.717) is 25.2 Å². The largest absolute Gasteiger partial charge is 0.347 e. The van der Waals surface area contributed by atoms with Gasteiger partial charge in [0.05, 0.1) is 23.0 Å². The molecule has 172 valence electrons. The molecule has 3 aromatic rings. The second-order valence-electron chi connectivity index (χ2n) is 8.43.